The van der Waals surface area contributed by atoms with Crippen LogP contribution >= 0.6 is 0 Å². The number of allylic oxidation sites excluding steroid dienone is 1. The molecule has 0 saturated heterocycles. The van der Waals surface area contributed by atoms with E-state index in [1.807, 2.05) is 12.1 Å². The molecule has 1 N–H and O–H groups in total. The number of hydrogen-bond donors (Lipinski definition) is 1. The molecule has 0 unspecified atom stereocenters. The molecule has 3 aromatic carbocycles. The monoisotopic (exact) mass is 322 g/mol. The highest BCUT2D eigenvalue weighted by molar-refractivity contribution is 6.33. The lowest BCUT2D eigenvalue weighted by Gasteiger charge is -2.16. The number of aliphatic imine (C=N–C) groups is 1. The predicted octanol–water partition coefficient (Wildman–Crippen LogP) is 5.01. The second-order valence-electron chi connectivity index (χ2n) is 6.77. The van der Waals surface area contributed by atoms with Gasteiger partial charge in [-0.1, -0.05) is 42.5 Å². The van der Waals surface area contributed by atoms with Gasteiger partial charge in [-0.05, 0) is 30.0 Å². The Labute approximate surface area is 143 Å². The number of nitrogens with one attached hydrogen (secondary N) is 1. The van der Waals surface area contributed by atoms with Crippen LogP contribution in [0, 0.1) is 0 Å². The summed E-state index contributed by atoms with van der Waals surface area (Å²) in [5.41, 5.74) is 6.39. The Balaban J connectivity index is 1.96. The van der Waals surface area contributed by atoms with Crippen LogP contribution in [0.25, 0.3) is 38.7 Å². The normalized spacial score (nSPS) is 15.4. The van der Waals surface area contributed by atoms with Crippen molar-refractivity contribution >= 4 is 50.8 Å². The van der Waals surface area contributed by atoms with E-state index in [2.05, 4.69) is 46.4 Å². The van der Waals surface area contributed by atoms with Crippen LogP contribution in [0.1, 0.15) is 33.5 Å². The van der Waals surface area contributed by atoms with Gasteiger partial charge < -0.3 is 4.98 Å². The van der Waals surface area contributed by atoms with Crippen LogP contribution in [0.4, 0.5) is 0 Å². The fraction of sp³-hybridized carbons (Fsp3) is 0.0909. The largest absolute Gasteiger partial charge is 0.354 e. The summed E-state index contributed by atoms with van der Waals surface area (Å²) >= 11 is 0. The van der Waals surface area contributed by atoms with Crippen molar-refractivity contribution in [1.29, 1.82) is 0 Å². The van der Waals surface area contributed by atoms with Crippen LogP contribution in [-0.2, 0) is 6.42 Å². The lowest BCUT2D eigenvalue weighted by atomic mass is 9.87. The molecule has 1 aliphatic carbocycles. The van der Waals surface area contributed by atoms with Crippen molar-refractivity contribution in [3.63, 3.8) is 0 Å². The third-order valence-corrected chi connectivity index (χ3v) is 5.49. The SMILES string of the molecule is O=C1N=Cc2c1c1c3c(ccc1c1[nH]c4ccccc4c21)CCC=C3. The molecule has 1 aliphatic heterocycles. The van der Waals surface area contributed by atoms with Crippen molar-refractivity contribution in [2.75, 3.05) is 0 Å². The first-order valence-corrected chi connectivity index (χ1v) is 8.60. The molecule has 3 heteroatoms. The van der Waals surface area contributed by atoms with Gasteiger partial charge in [0.05, 0.1) is 11.1 Å². The van der Waals surface area contributed by atoms with Gasteiger partial charge in [-0.2, -0.15) is 0 Å². The number of carbonyl (C=O) groups excluding carboxylic acids is 1. The van der Waals surface area contributed by atoms with Crippen molar-refractivity contribution in [3.8, 4) is 0 Å². The summed E-state index contributed by atoms with van der Waals surface area (Å²) in [4.78, 5) is 20.3. The Bertz CT molecular complexity index is 1300. The number of benzene rings is 3. The first-order chi connectivity index (χ1) is 12.3. The van der Waals surface area contributed by atoms with Gasteiger partial charge in [0.25, 0.3) is 5.91 Å². The Morgan fingerprint density at radius 3 is 2.84 bits per heavy atom. The molecule has 0 atom stereocenters. The van der Waals surface area contributed by atoms with Crippen LogP contribution in [0.15, 0.2) is 47.5 Å². The van der Waals surface area contributed by atoms with Gasteiger partial charge in [0.1, 0.15) is 0 Å². The molecule has 0 fully saturated rings. The molecular formula is C22H14N2O. The van der Waals surface area contributed by atoms with Crippen molar-refractivity contribution in [2.45, 2.75) is 12.8 Å². The lowest BCUT2D eigenvalue weighted by molar-refractivity contribution is 0.101. The number of aromatic nitrogens is 1. The molecule has 25 heavy (non-hydrogen) atoms. The molecule has 3 nitrogen and oxygen atoms in total. The number of nitrogens with zero attached hydrogens (tertiary/aromatic N) is 1. The van der Waals surface area contributed by atoms with E-state index in [1.54, 1.807) is 6.21 Å². The second-order valence-corrected chi connectivity index (χ2v) is 6.77. The highest BCUT2D eigenvalue weighted by Crippen LogP contribution is 2.41. The van der Waals surface area contributed by atoms with E-state index >= 15 is 0 Å². The average Bonchev–Trinajstić information content (AvgIpc) is 3.22. The van der Waals surface area contributed by atoms with E-state index in [9.17, 15) is 4.79 Å². The van der Waals surface area contributed by atoms with E-state index in [4.69, 9.17) is 0 Å². The van der Waals surface area contributed by atoms with E-state index in [1.165, 1.54) is 11.1 Å². The molecule has 118 valence electrons. The molecule has 1 amide bonds. The number of para-hydroxylation sites is 1. The van der Waals surface area contributed by atoms with Gasteiger partial charge in [-0.15, -0.1) is 0 Å². The zero-order chi connectivity index (χ0) is 16.5. The summed E-state index contributed by atoms with van der Waals surface area (Å²) in [5.74, 6) is -0.125. The van der Waals surface area contributed by atoms with Gasteiger partial charge in [-0.3, -0.25) is 4.79 Å². The summed E-state index contributed by atoms with van der Waals surface area (Å²) < 4.78 is 0. The third-order valence-electron chi connectivity index (χ3n) is 5.49. The van der Waals surface area contributed by atoms with E-state index in [0.29, 0.717) is 0 Å². The average molecular weight is 322 g/mol. The Hall–Kier alpha value is -3.20. The summed E-state index contributed by atoms with van der Waals surface area (Å²) in [6.45, 7) is 0. The number of carbonyl (C=O) groups is 1. The number of aryl methyl sites for hydroxylation is 1. The number of fused-ring (bicyclic) bond motifs is 10. The zero-order valence-electron chi connectivity index (χ0n) is 13.5. The number of hydrogen-bond acceptors (Lipinski definition) is 1. The van der Waals surface area contributed by atoms with Crippen molar-refractivity contribution in [3.05, 3.63) is 64.7 Å². The molecule has 2 aliphatic rings. The topological polar surface area (TPSA) is 45.2 Å². The minimum atomic E-state index is -0.125. The van der Waals surface area contributed by atoms with Gasteiger partial charge in [0.15, 0.2) is 0 Å². The van der Waals surface area contributed by atoms with E-state index in [-0.39, 0.29) is 5.91 Å². The standard InChI is InChI=1S/C22H14N2O/c25-22-20-16(11-23-22)19-14-7-3-4-8-17(14)24-21(19)15-10-9-12-5-1-2-6-13(12)18(15)20/h2-4,6-11,24H,1,5H2. The quantitative estimate of drug-likeness (QED) is 0.486. The molecule has 4 aromatic rings. The van der Waals surface area contributed by atoms with Crippen molar-refractivity contribution < 1.29 is 4.79 Å². The molecule has 6 rings (SSSR count). The summed E-state index contributed by atoms with van der Waals surface area (Å²) in [5, 5.41) is 4.40. The Morgan fingerprint density at radius 1 is 0.960 bits per heavy atom. The maximum absolute atomic E-state index is 12.6. The van der Waals surface area contributed by atoms with Crippen LogP contribution < -0.4 is 0 Å². The highest BCUT2D eigenvalue weighted by atomic mass is 16.1. The van der Waals surface area contributed by atoms with Crippen LogP contribution in [-0.4, -0.2) is 17.1 Å². The third kappa shape index (κ3) is 1.55. The number of aromatic amines is 1. The number of amides is 1. The Morgan fingerprint density at radius 2 is 1.88 bits per heavy atom. The molecular weight excluding hydrogens is 308 g/mol. The van der Waals surface area contributed by atoms with Crippen molar-refractivity contribution in [1.82, 2.24) is 4.98 Å². The fourth-order valence-corrected chi connectivity index (χ4v) is 4.41. The van der Waals surface area contributed by atoms with E-state index < -0.39 is 0 Å². The van der Waals surface area contributed by atoms with Gasteiger partial charge in [0, 0.05) is 38.8 Å². The first-order valence-electron chi connectivity index (χ1n) is 8.60. The zero-order valence-corrected chi connectivity index (χ0v) is 13.5. The molecule has 0 bridgehead atoms. The Kier molecular flexibility index (Phi) is 2.34. The number of rotatable bonds is 0. The predicted molar refractivity (Wildman–Crippen MR) is 103 cm³/mol. The summed E-state index contributed by atoms with van der Waals surface area (Å²) in [7, 11) is 0. The minimum absolute atomic E-state index is 0.125. The van der Waals surface area contributed by atoms with Gasteiger partial charge >= 0.3 is 0 Å². The molecule has 0 radical (unpaired) electrons. The first kappa shape index (κ1) is 13.1. The fourth-order valence-electron chi connectivity index (χ4n) is 4.41. The smallest absolute Gasteiger partial charge is 0.278 e. The summed E-state index contributed by atoms with van der Waals surface area (Å²) in [6.07, 6.45) is 8.19. The van der Waals surface area contributed by atoms with Gasteiger partial charge in [-0.25, -0.2) is 4.99 Å². The van der Waals surface area contributed by atoms with Crippen LogP contribution in [0.3, 0.4) is 0 Å². The van der Waals surface area contributed by atoms with E-state index in [0.717, 1.165) is 56.5 Å². The highest BCUT2D eigenvalue weighted by Gasteiger charge is 2.27. The molecule has 0 saturated carbocycles. The number of H-pyrrole nitrogens is 1. The maximum Gasteiger partial charge on any atom is 0.278 e. The lowest BCUT2D eigenvalue weighted by Crippen LogP contribution is -2.01. The second kappa shape index (κ2) is 4.45. The molecule has 1 aromatic heterocycles. The van der Waals surface area contributed by atoms with Crippen LogP contribution in [0.2, 0.25) is 0 Å². The van der Waals surface area contributed by atoms with Gasteiger partial charge in [0.2, 0.25) is 0 Å². The van der Waals surface area contributed by atoms with Crippen LogP contribution in [0.5, 0.6) is 0 Å². The summed E-state index contributed by atoms with van der Waals surface area (Å²) in [6, 6.07) is 12.6. The molecule has 2 heterocycles. The molecule has 0 spiro atoms. The maximum atomic E-state index is 12.6. The van der Waals surface area contributed by atoms with Crippen molar-refractivity contribution in [2.24, 2.45) is 4.99 Å². The minimum Gasteiger partial charge on any atom is -0.354 e.